The standard InChI is InChI=1S/C29H27N3O4/c1-31(2)25(33)24-12-9-20(17-30-24)19-7-10-21(11-8-19)28(13-14-28)27(35)32-16-15-29(18-32)23-6-4-3-5-22(23)26(34)36-29/h3-12,17H,13-16,18H2,1-2H3/t29-/m0/s1. The lowest BCUT2D eigenvalue weighted by Crippen LogP contribution is -2.40. The Hall–Kier alpha value is -4.00. The molecule has 2 amide bonds. The maximum atomic E-state index is 13.7. The first-order valence-corrected chi connectivity index (χ1v) is 12.2. The molecule has 3 aliphatic rings. The van der Waals surface area contributed by atoms with Gasteiger partial charge in [-0.15, -0.1) is 0 Å². The Kier molecular flexibility index (Phi) is 5.00. The normalized spacial score (nSPS) is 21.3. The van der Waals surface area contributed by atoms with E-state index in [1.807, 2.05) is 53.4 Å². The molecule has 1 saturated heterocycles. The number of carbonyl (C=O) groups is 3. The van der Waals surface area contributed by atoms with Gasteiger partial charge in [0, 0.05) is 44.4 Å². The zero-order valence-electron chi connectivity index (χ0n) is 20.4. The summed E-state index contributed by atoms with van der Waals surface area (Å²) in [6.45, 7) is 0.974. The molecular formula is C29H27N3O4. The van der Waals surface area contributed by atoms with Crippen LogP contribution in [0, 0.1) is 0 Å². The Morgan fingerprint density at radius 2 is 1.67 bits per heavy atom. The number of esters is 1. The molecule has 1 aliphatic carbocycles. The Morgan fingerprint density at radius 1 is 0.944 bits per heavy atom. The number of fused-ring (bicyclic) bond motifs is 2. The molecule has 7 heteroatoms. The summed E-state index contributed by atoms with van der Waals surface area (Å²) in [5.74, 6) is -0.323. The van der Waals surface area contributed by atoms with Crippen molar-refractivity contribution in [1.82, 2.24) is 14.8 Å². The van der Waals surface area contributed by atoms with Gasteiger partial charge in [-0.1, -0.05) is 48.5 Å². The van der Waals surface area contributed by atoms with Gasteiger partial charge in [-0.25, -0.2) is 4.79 Å². The number of carbonyl (C=O) groups excluding carboxylic acids is 3. The van der Waals surface area contributed by atoms with Gasteiger partial charge < -0.3 is 14.5 Å². The second-order valence-corrected chi connectivity index (χ2v) is 10.2. The van der Waals surface area contributed by atoms with E-state index in [0.717, 1.165) is 35.1 Å². The molecule has 1 aromatic heterocycles. The molecule has 1 atom stereocenters. The molecule has 7 nitrogen and oxygen atoms in total. The number of likely N-dealkylation sites (tertiary alicyclic amines) is 1. The molecule has 182 valence electrons. The highest BCUT2D eigenvalue weighted by molar-refractivity contribution is 5.96. The van der Waals surface area contributed by atoms with Crippen LogP contribution in [0.5, 0.6) is 0 Å². The maximum Gasteiger partial charge on any atom is 0.339 e. The number of hydrogen-bond acceptors (Lipinski definition) is 5. The van der Waals surface area contributed by atoms with Gasteiger partial charge in [-0.2, -0.15) is 0 Å². The number of hydrogen-bond donors (Lipinski definition) is 0. The summed E-state index contributed by atoms with van der Waals surface area (Å²) in [5.41, 5.74) is 3.57. The zero-order chi connectivity index (χ0) is 25.1. The SMILES string of the molecule is CN(C)C(=O)c1ccc(-c2ccc(C3(C(=O)N4CC[C@@]5(C4)OC(=O)c4ccccc45)CC3)cc2)cn1. The van der Waals surface area contributed by atoms with E-state index in [4.69, 9.17) is 4.74 Å². The van der Waals surface area contributed by atoms with Crippen molar-refractivity contribution in [2.24, 2.45) is 0 Å². The van der Waals surface area contributed by atoms with Crippen molar-refractivity contribution >= 4 is 17.8 Å². The number of benzene rings is 2. The molecule has 1 saturated carbocycles. The molecule has 2 aliphatic heterocycles. The van der Waals surface area contributed by atoms with Crippen molar-refractivity contribution in [3.05, 3.63) is 89.2 Å². The third kappa shape index (κ3) is 3.41. The van der Waals surface area contributed by atoms with Gasteiger partial charge >= 0.3 is 5.97 Å². The van der Waals surface area contributed by atoms with E-state index >= 15 is 0 Å². The highest BCUT2D eigenvalue weighted by Crippen LogP contribution is 2.52. The minimum Gasteiger partial charge on any atom is -0.449 e. The minimum atomic E-state index is -0.726. The molecule has 0 unspecified atom stereocenters. The lowest BCUT2D eigenvalue weighted by molar-refractivity contribution is -0.134. The number of aromatic nitrogens is 1. The van der Waals surface area contributed by atoms with E-state index in [1.54, 1.807) is 32.4 Å². The summed E-state index contributed by atoms with van der Waals surface area (Å²) >= 11 is 0. The highest BCUT2D eigenvalue weighted by Gasteiger charge is 2.57. The summed E-state index contributed by atoms with van der Waals surface area (Å²) in [4.78, 5) is 45.9. The van der Waals surface area contributed by atoms with E-state index in [2.05, 4.69) is 4.98 Å². The molecular weight excluding hydrogens is 454 g/mol. The summed E-state index contributed by atoms with van der Waals surface area (Å²) in [6.07, 6.45) is 3.95. The van der Waals surface area contributed by atoms with Crippen LogP contribution in [-0.2, 0) is 20.5 Å². The van der Waals surface area contributed by atoms with Crippen LogP contribution in [-0.4, -0.2) is 59.8 Å². The van der Waals surface area contributed by atoms with Crippen molar-refractivity contribution in [2.45, 2.75) is 30.3 Å². The van der Waals surface area contributed by atoms with Gasteiger partial charge in [0.25, 0.3) is 5.91 Å². The first-order chi connectivity index (χ1) is 17.3. The topological polar surface area (TPSA) is 79.8 Å². The first kappa shape index (κ1) is 22.5. The Morgan fingerprint density at radius 3 is 2.33 bits per heavy atom. The molecule has 0 bridgehead atoms. The van der Waals surface area contributed by atoms with Gasteiger partial charge in [0.1, 0.15) is 5.69 Å². The number of amides is 2. The van der Waals surface area contributed by atoms with E-state index in [1.165, 1.54) is 4.90 Å². The molecule has 3 heterocycles. The quantitative estimate of drug-likeness (QED) is 0.530. The van der Waals surface area contributed by atoms with Crippen LogP contribution in [0.15, 0.2) is 66.9 Å². The molecule has 0 radical (unpaired) electrons. The van der Waals surface area contributed by atoms with Crippen LogP contribution in [0.1, 0.15) is 51.2 Å². The predicted molar refractivity (Wildman–Crippen MR) is 133 cm³/mol. The van der Waals surface area contributed by atoms with Gasteiger partial charge in [-0.3, -0.25) is 14.6 Å². The van der Waals surface area contributed by atoms with Crippen LogP contribution >= 0.6 is 0 Å². The third-order valence-electron chi connectivity index (χ3n) is 7.76. The molecule has 1 spiro atoms. The molecule has 6 rings (SSSR count). The molecule has 3 aromatic rings. The van der Waals surface area contributed by atoms with Crippen molar-refractivity contribution in [3.8, 4) is 11.1 Å². The monoisotopic (exact) mass is 481 g/mol. The minimum absolute atomic E-state index is 0.112. The number of ether oxygens (including phenoxy) is 1. The molecule has 0 N–H and O–H groups in total. The maximum absolute atomic E-state index is 13.7. The van der Waals surface area contributed by atoms with Crippen molar-refractivity contribution in [3.63, 3.8) is 0 Å². The van der Waals surface area contributed by atoms with Crippen LogP contribution in [0.25, 0.3) is 11.1 Å². The first-order valence-electron chi connectivity index (χ1n) is 12.2. The lowest BCUT2D eigenvalue weighted by Gasteiger charge is -2.27. The average molecular weight is 482 g/mol. The smallest absolute Gasteiger partial charge is 0.339 e. The third-order valence-corrected chi connectivity index (χ3v) is 7.76. The van der Waals surface area contributed by atoms with Crippen molar-refractivity contribution in [1.29, 1.82) is 0 Å². The van der Waals surface area contributed by atoms with E-state index in [0.29, 0.717) is 30.8 Å². The predicted octanol–water partition coefficient (Wildman–Crippen LogP) is 3.78. The number of pyridine rings is 1. The largest absolute Gasteiger partial charge is 0.449 e. The number of nitrogens with zero attached hydrogens (tertiary/aromatic N) is 3. The van der Waals surface area contributed by atoms with Crippen LogP contribution in [0.3, 0.4) is 0 Å². The second-order valence-electron chi connectivity index (χ2n) is 10.2. The fourth-order valence-corrected chi connectivity index (χ4v) is 5.56. The van der Waals surface area contributed by atoms with Crippen LogP contribution in [0.2, 0.25) is 0 Å². The Labute approximate surface area is 209 Å². The molecule has 2 fully saturated rings. The summed E-state index contributed by atoms with van der Waals surface area (Å²) in [7, 11) is 3.40. The van der Waals surface area contributed by atoms with E-state index < -0.39 is 11.0 Å². The van der Waals surface area contributed by atoms with Gasteiger partial charge in [0.05, 0.1) is 17.5 Å². The Balaban J connectivity index is 1.19. The van der Waals surface area contributed by atoms with Crippen LogP contribution in [0.4, 0.5) is 0 Å². The zero-order valence-corrected chi connectivity index (χ0v) is 20.4. The average Bonchev–Trinajstić information content (AvgIpc) is 3.54. The van der Waals surface area contributed by atoms with Gasteiger partial charge in [0.15, 0.2) is 5.60 Å². The summed E-state index contributed by atoms with van der Waals surface area (Å²) < 4.78 is 5.84. The van der Waals surface area contributed by atoms with Crippen molar-refractivity contribution in [2.75, 3.05) is 27.2 Å². The van der Waals surface area contributed by atoms with Gasteiger partial charge in [-0.05, 0) is 36.1 Å². The van der Waals surface area contributed by atoms with E-state index in [-0.39, 0.29) is 17.8 Å². The second kappa shape index (κ2) is 8.01. The van der Waals surface area contributed by atoms with Crippen LogP contribution < -0.4 is 0 Å². The summed E-state index contributed by atoms with van der Waals surface area (Å²) in [5, 5.41) is 0. The fourth-order valence-electron chi connectivity index (χ4n) is 5.56. The fraction of sp³-hybridized carbons (Fsp3) is 0.310. The summed E-state index contributed by atoms with van der Waals surface area (Å²) in [6, 6.07) is 19.2. The Bertz CT molecular complexity index is 1380. The molecule has 36 heavy (non-hydrogen) atoms. The molecule has 2 aromatic carbocycles. The lowest BCUT2D eigenvalue weighted by atomic mass is 9.91. The van der Waals surface area contributed by atoms with E-state index in [9.17, 15) is 14.4 Å². The number of rotatable bonds is 4. The van der Waals surface area contributed by atoms with Gasteiger partial charge in [0.2, 0.25) is 5.91 Å². The highest BCUT2D eigenvalue weighted by atomic mass is 16.6. The van der Waals surface area contributed by atoms with Crippen molar-refractivity contribution < 1.29 is 19.1 Å².